The smallest absolute Gasteiger partial charge is 0.311 e. The molecule has 2 aliphatic heterocycles. The van der Waals surface area contributed by atoms with Crippen LogP contribution in [0.2, 0.25) is 0 Å². The van der Waals surface area contributed by atoms with Gasteiger partial charge in [0.05, 0.1) is 5.92 Å². The van der Waals surface area contributed by atoms with Crippen LogP contribution in [0.5, 0.6) is 0 Å². The Bertz CT molecular complexity index is 789. The van der Waals surface area contributed by atoms with Crippen LogP contribution in [0, 0.1) is 23.2 Å². The lowest BCUT2D eigenvalue weighted by Gasteiger charge is -2.46. The number of carbonyl (C=O) groups excluding carboxylic acids is 1. The lowest BCUT2D eigenvalue weighted by molar-refractivity contribution is -0.145. The summed E-state index contributed by atoms with van der Waals surface area (Å²) in [7, 11) is 0. The van der Waals surface area contributed by atoms with Crippen LogP contribution >= 0.6 is 0 Å². The maximum Gasteiger partial charge on any atom is 0.311 e. The number of ether oxygens (including phenoxy) is 1. The van der Waals surface area contributed by atoms with E-state index in [4.69, 9.17) is 4.74 Å². The number of fused-ring (bicyclic) bond motifs is 2. The molecule has 0 N–H and O–H groups in total. The number of hydrogen-bond acceptors (Lipinski definition) is 6. The fourth-order valence-corrected chi connectivity index (χ4v) is 6.12. The van der Waals surface area contributed by atoms with Gasteiger partial charge in [0.1, 0.15) is 6.10 Å². The molecule has 1 aromatic rings. The number of hydrogen-bond donors (Lipinski definition) is 0. The monoisotopic (exact) mass is 396 g/mol. The fourth-order valence-electron chi connectivity index (χ4n) is 6.12. The van der Waals surface area contributed by atoms with Crippen molar-refractivity contribution in [2.24, 2.45) is 23.2 Å². The van der Waals surface area contributed by atoms with Gasteiger partial charge in [0.25, 0.3) is 0 Å². The van der Waals surface area contributed by atoms with E-state index in [1.54, 1.807) is 18.0 Å². The first-order valence-electron chi connectivity index (χ1n) is 11.2. The van der Waals surface area contributed by atoms with E-state index >= 15 is 0 Å². The first-order valence-corrected chi connectivity index (χ1v) is 11.2. The largest absolute Gasteiger partial charge is 0.461 e. The zero-order chi connectivity index (χ0) is 20.0. The Labute approximate surface area is 173 Å². The number of anilines is 1. The zero-order valence-electron chi connectivity index (χ0n) is 17.6. The summed E-state index contributed by atoms with van der Waals surface area (Å²) in [6.07, 6.45) is 10.9. The third-order valence-electron chi connectivity index (χ3n) is 7.74. The maximum absolute atomic E-state index is 12.8. The Morgan fingerprint density at radius 2 is 1.97 bits per heavy atom. The minimum atomic E-state index is -0.0225. The van der Waals surface area contributed by atoms with Gasteiger partial charge in [-0.15, -0.1) is 0 Å². The maximum atomic E-state index is 12.8. The van der Waals surface area contributed by atoms with Crippen molar-refractivity contribution < 1.29 is 9.53 Å². The third-order valence-corrected chi connectivity index (χ3v) is 7.74. The van der Waals surface area contributed by atoms with Crippen LogP contribution < -0.4 is 4.90 Å². The predicted octanol–water partition coefficient (Wildman–Crippen LogP) is 2.91. The molecular weight excluding hydrogens is 364 g/mol. The molecule has 156 valence electrons. The molecule has 1 saturated carbocycles. The highest BCUT2D eigenvalue weighted by Gasteiger charge is 2.52. The molecule has 0 bridgehead atoms. The normalized spacial score (nSPS) is 37.5. The molecule has 2 saturated heterocycles. The molecule has 0 spiro atoms. The third kappa shape index (κ3) is 3.45. The average Bonchev–Trinajstić information content (AvgIpc) is 3.01. The molecule has 2 aliphatic carbocycles. The highest BCUT2D eigenvalue weighted by atomic mass is 16.6. The van der Waals surface area contributed by atoms with Crippen LogP contribution in [-0.2, 0) is 9.53 Å². The molecule has 5 atom stereocenters. The quantitative estimate of drug-likeness (QED) is 0.578. The fraction of sp³-hybridized carbons (Fsp3) is 0.696. The molecule has 0 unspecified atom stereocenters. The molecule has 0 amide bonds. The van der Waals surface area contributed by atoms with Gasteiger partial charge < -0.3 is 9.64 Å². The van der Waals surface area contributed by atoms with E-state index in [1.807, 2.05) is 6.07 Å². The summed E-state index contributed by atoms with van der Waals surface area (Å²) >= 11 is 0. The minimum Gasteiger partial charge on any atom is -0.461 e. The molecule has 5 rings (SSSR count). The molecule has 0 radical (unpaired) electrons. The molecule has 0 aromatic carbocycles. The summed E-state index contributed by atoms with van der Waals surface area (Å²) in [5.74, 6) is 1.68. The van der Waals surface area contributed by atoms with Gasteiger partial charge in [-0.25, -0.2) is 9.97 Å². The number of nitrogens with zero attached hydrogens (tertiary/aromatic N) is 4. The van der Waals surface area contributed by atoms with Gasteiger partial charge in [-0.1, -0.05) is 31.9 Å². The summed E-state index contributed by atoms with van der Waals surface area (Å²) in [6.45, 7) is 9.22. The van der Waals surface area contributed by atoms with Crippen molar-refractivity contribution in [1.29, 1.82) is 0 Å². The molecule has 3 fully saturated rings. The lowest BCUT2D eigenvalue weighted by atomic mass is 9.59. The van der Waals surface area contributed by atoms with Gasteiger partial charge in [0, 0.05) is 51.0 Å². The number of piperazine rings is 1. The Hall–Kier alpha value is -1.95. The molecule has 6 heteroatoms. The summed E-state index contributed by atoms with van der Waals surface area (Å²) in [5, 5.41) is 0. The Morgan fingerprint density at radius 1 is 1.21 bits per heavy atom. The van der Waals surface area contributed by atoms with Gasteiger partial charge >= 0.3 is 5.97 Å². The van der Waals surface area contributed by atoms with Crippen molar-refractivity contribution in [3.8, 4) is 0 Å². The molecule has 4 aliphatic rings. The van der Waals surface area contributed by atoms with Crippen LogP contribution in [0.25, 0.3) is 0 Å². The van der Waals surface area contributed by atoms with E-state index in [9.17, 15) is 4.79 Å². The topological polar surface area (TPSA) is 58.6 Å². The first kappa shape index (κ1) is 19.0. The number of esters is 1. The van der Waals surface area contributed by atoms with Crippen molar-refractivity contribution in [2.75, 3.05) is 37.6 Å². The highest BCUT2D eigenvalue weighted by molar-refractivity contribution is 5.76. The van der Waals surface area contributed by atoms with E-state index in [1.165, 1.54) is 19.3 Å². The summed E-state index contributed by atoms with van der Waals surface area (Å²) in [6, 6.07) is 1.85. The van der Waals surface area contributed by atoms with Gasteiger partial charge in [0.15, 0.2) is 0 Å². The highest BCUT2D eigenvalue weighted by Crippen LogP contribution is 2.54. The van der Waals surface area contributed by atoms with Crippen LogP contribution in [0.3, 0.4) is 0 Å². The van der Waals surface area contributed by atoms with E-state index < -0.39 is 0 Å². The molecular formula is C23H32N4O2. The summed E-state index contributed by atoms with van der Waals surface area (Å²) in [5.41, 5.74) is 1.83. The lowest BCUT2D eigenvalue weighted by Crippen LogP contribution is -2.49. The van der Waals surface area contributed by atoms with Gasteiger partial charge in [-0.3, -0.25) is 9.69 Å². The molecule has 1 aromatic heterocycles. The van der Waals surface area contributed by atoms with E-state index in [0.717, 1.165) is 45.1 Å². The second-order valence-corrected chi connectivity index (χ2v) is 9.68. The number of allylic oxidation sites excluding steroid dienone is 1. The number of rotatable bonds is 3. The van der Waals surface area contributed by atoms with Gasteiger partial charge in [-0.05, 0) is 36.7 Å². The van der Waals surface area contributed by atoms with E-state index in [0.29, 0.717) is 5.92 Å². The van der Waals surface area contributed by atoms with E-state index in [2.05, 4.69) is 39.7 Å². The van der Waals surface area contributed by atoms with Crippen LogP contribution in [-0.4, -0.2) is 59.7 Å². The zero-order valence-corrected chi connectivity index (χ0v) is 17.6. The van der Waals surface area contributed by atoms with Crippen molar-refractivity contribution in [3.63, 3.8) is 0 Å². The Balaban J connectivity index is 1.27. The van der Waals surface area contributed by atoms with Crippen molar-refractivity contribution >= 4 is 11.9 Å². The van der Waals surface area contributed by atoms with Crippen molar-refractivity contribution in [1.82, 2.24) is 14.9 Å². The van der Waals surface area contributed by atoms with Gasteiger partial charge in [-0.2, -0.15) is 0 Å². The average molecular weight is 397 g/mol. The number of aromatic nitrogens is 2. The standard InChI is InChI=1S/C23H32N4O2/c1-16-5-3-6-23(2)14-20-17(13-19(16)23)18(21(28)29-20)15-26-9-11-27(12-10-26)22-24-7-4-8-25-22/h4,7-8,13,16-18,20H,3,5-6,9-12,14-15H2,1-2H3/t16-,17+,18-,20+,23+/m0/s1. The molecule has 6 nitrogen and oxygen atoms in total. The SMILES string of the molecule is C[C@H]1CCC[C@]2(C)C[C@H]3OC(=O)[C@@H](CN4CCN(c5ncccn5)CC4)[C@H]3C=C12. The molecule has 3 heterocycles. The first-order chi connectivity index (χ1) is 14.0. The van der Waals surface area contributed by atoms with Crippen LogP contribution in [0.4, 0.5) is 5.95 Å². The van der Waals surface area contributed by atoms with Crippen LogP contribution in [0.1, 0.15) is 39.5 Å². The minimum absolute atomic E-state index is 0.0144. The Kier molecular flexibility index (Phi) is 4.85. The predicted molar refractivity (Wildman–Crippen MR) is 111 cm³/mol. The summed E-state index contributed by atoms with van der Waals surface area (Å²) < 4.78 is 5.92. The second-order valence-electron chi connectivity index (χ2n) is 9.68. The Morgan fingerprint density at radius 3 is 2.72 bits per heavy atom. The van der Waals surface area contributed by atoms with E-state index in [-0.39, 0.29) is 29.3 Å². The van der Waals surface area contributed by atoms with Gasteiger partial charge in [0.2, 0.25) is 5.95 Å². The van der Waals surface area contributed by atoms with Crippen molar-refractivity contribution in [3.05, 3.63) is 30.1 Å². The molecule has 29 heavy (non-hydrogen) atoms. The summed E-state index contributed by atoms with van der Waals surface area (Å²) in [4.78, 5) is 26.2. The van der Waals surface area contributed by atoms with Crippen molar-refractivity contribution in [2.45, 2.75) is 45.6 Å². The second kappa shape index (κ2) is 7.38. The van der Waals surface area contributed by atoms with Crippen LogP contribution in [0.15, 0.2) is 30.1 Å². The number of carbonyl (C=O) groups is 1.